The van der Waals surface area contributed by atoms with Gasteiger partial charge >= 0.3 is 0 Å². The molecule has 0 saturated heterocycles. The Morgan fingerprint density at radius 3 is 2.56 bits per heavy atom. The van der Waals surface area contributed by atoms with Crippen LogP contribution in [0.5, 0.6) is 0 Å². The summed E-state index contributed by atoms with van der Waals surface area (Å²) in [6.45, 7) is 5.95. The lowest BCUT2D eigenvalue weighted by Crippen LogP contribution is -2.28. The van der Waals surface area contributed by atoms with Crippen LogP contribution in [-0.4, -0.2) is 32.3 Å². The predicted molar refractivity (Wildman–Crippen MR) is 138 cm³/mol. The summed E-state index contributed by atoms with van der Waals surface area (Å²) in [7, 11) is 0. The molecule has 1 heterocycles. The normalized spacial score (nSPS) is 11.7. The Balaban J connectivity index is 1.68. The van der Waals surface area contributed by atoms with Crippen molar-refractivity contribution in [1.82, 2.24) is 20.1 Å². The molecular weight excluding hydrogens is 540 g/mol. The van der Waals surface area contributed by atoms with Gasteiger partial charge in [-0.2, -0.15) is 0 Å². The first-order chi connectivity index (χ1) is 16.2. The molecule has 1 unspecified atom stereocenters. The van der Waals surface area contributed by atoms with E-state index >= 15 is 0 Å². The van der Waals surface area contributed by atoms with Crippen molar-refractivity contribution in [2.45, 2.75) is 24.7 Å². The van der Waals surface area contributed by atoms with E-state index < -0.39 is 6.04 Å². The third kappa shape index (κ3) is 6.67. The number of nitrogens with zero attached hydrogens (tertiary/aromatic N) is 3. The zero-order valence-corrected chi connectivity index (χ0v) is 21.7. The average Bonchev–Trinajstić information content (AvgIpc) is 3.19. The molecule has 178 valence electrons. The van der Waals surface area contributed by atoms with Crippen molar-refractivity contribution in [2.24, 2.45) is 0 Å². The monoisotopic (exact) mass is 557 g/mol. The molecule has 0 fully saturated rings. The maximum absolute atomic E-state index is 12.6. The van der Waals surface area contributed by atoms with Gasteiger partial charge < -0.3 is 15.2 Å². The quantitative estimate of drug-likeness (QED) is 0.183. The Kier molecular flexibility index (Phi) is 9.27. The van der Waals surface area contributed by atoms with Gasteiger partial charge in [-0.3, -0.25) is 9.59 Å². The van der Waals surface area contributed by atoms with Crippen LogP contribution >= 0.6 is 58.2 Å². The van der Waals surface area contributed by atoms with Crippen LogP contribution in [-0.2, 0) is 11.3 Å². The summed E-state index contributed by atoms with van der Waals surface area (Å²) in [6.07, 6.45) is 1.68. The molecule has 0 aliphatic heterocycles. The van der Waals surface area contributed by atoms with Crippen molar-refractivity contribution < 1.29 is 9.59 Å². The highest BCUT2D eigenvalue weighted by molar-refractivity contribution is 7.99. The average molecular weight is 559 g/mol. The van der Waals surface area contributed by atoms with E-state index in [9.17, 15) is 9.59 Å². The largest absolute Gasteiger partial charge is 0.342 e. The Hall–Kier alpha value is -2.23. The van der Waals surface area contributed by atoms with Gasteiger partial charge in [-0.15, -0.1) is 16.8 Å². The molecule has 0 aliphatic carbocycles. The first-order valence-corrected chi connectivity index (χ1v) is 12.4. The lowest BCUT2D eigenvalue weighted by molar-refractivity contribution is -0.113. The third-order valence-corrected chi connectivity index (χ3v) is 6.73. The summed E-state index contributed by atoms with van der Waals surface area (Å²) < 4.78 is 1.78. The van der Waals surface area contributed by atoms with Crippen LogP contribution in [0.25, 0.3) is 0 Å². The first kappa shape index (κ1) is 26.4. The van der Waals surface area contributed by atoms with Crippen LogP contribution in [0, 0.1) is 0 Å². The maximum atomic E-state index is 12.6. The van der Waals surface area contributed by atoms with Crippen molar-refractivity contribution in [1.29, 1.82) is 0 Å². The Bertz CT molecular complexity index is 1230. The maximum Gasteiger partial charge on any atom is 0.251 e. The van der Waals surface area contributed by atoms with E-state index in [0.29, 0.717) is 38.8 Å². The number of nitrogens with one attached hydrogen (secondary N) is 2. The number of hydrogen-bond donors (Lipinski definition) is 2. The molecule has 0 radical (unpaired) electrons. The van der Waals surface area contributed by atoms with Crippen LogP contribution in [0.3, 0.4) is 0 Å². The smallest absolute Gasteiger partial charge is 0.251 e. The van der Waals surface area contributed by atoms with Gasteiger partial charge in [0, 0.05) is 17.1 Å². The highest BCUT2D eigenvalue weighted by Gasteiger charge is 2.21. The number of aromatic nitrogens is 3. The minimum atomic E-state index is -0.461. The fraction of sp³-hybridized carbons (Fsp3) is 0.182. The summed E-state index contributed by atoms with van der Waals surface area (Å²) in [5.41, 5.74) is 0.786. The summed E-state index contributed by atoms with van der Waals surface area (Å²) in [5, 5.41) is 15.8. The summed E-state index contributed by atoms with van der Waals surface area (Å²) in [4.78, 5) is 25.0. The minimum Gasteiger partial charge on any atom is -0.342 e. The van der Waals surface area contributed by atoms with Crippen LogP contribution < -0.4 is 10.6 Å². The molecule has 0 saturated carbocycles. The Labute approximate surface area is 220 Å². The van der Waals surface area contributed by atoms with Crippen molar-refractivity contribution >= 4 is 75.7 Å². The number of carbonyl (C=O) groups is 2. The van der Waals surface area contributed by atoms with Crippen LogP contribution in [0.4, 0.5) is 5.69 Å². The van der Waals surface area contributed by atoms with Crippen LogP contribution in [0.1, 0.15) is 29.1 Å². The van der Waals surface area contributed by atoms with E-state index in [4.69, 9.17) is 46.4 Å². The minimum absolute atomic E-state index is 0.0368. The number of rotatable bonds is 9. The molecule has 0 aliphatic rings. The second-order valence-electron chi connectivity index (χ2n) is 7.03. The summed E-state index contributed by atoms with van der Waals surface area (Å²) >= 11 is 25.2. The molecule has 3 rings (SSSR count). The molecule has 3 aromatic rings. The van der Waals surface area contributed by atoms with Crippen molar-refractivity contribution in [2.75, 3.05) is 11.1 Å². The highest BCUT2D eigenvalue weighted by atomic mass is 35.5. The Morgan fingerprint density at radius 1 is 1.12 bits per heavy atom. The SMILES string of the molecule is C=CCn1c(SCC(=O)Nc2cc(Cl)c(Cl)cc2Cl)nnc1C(C)NC(=O)c1cccc(Cl)c1. The van der Waals surface area contributed by atoms with Crippen LogP contribution in [0.2, 0.25) is 20.1 Å². The van der Waals surface area contributed by atoms with Gasteiger partial charge in [0.15, 0.2) is 11.0 Å². The number of benzene rings is 2. The van der Waals surface area contributed by atoms with Crippen molar-refractivity contribution in [3.8, 4) is 0 Å². The molecule has 12 heteroatoms. The number of hydrogen-bond acceptors (Lipinski definition) is 5. The number of anilines is 1. The van der Waals surface area contributed by atoms with E-state index in [1.165, 1.54) is 23.9 Å². The van der Waals surface area contributed by atoms with Gasteiger partial charge in [0.05, 0.1) is 32.5 Å². The number of amides is 2. The number of thioether (sulfide) groups is 1. The van der Waals surface area contributed by atoms with Gasteiger partial charge in [0.2, 0.25) is 5.91 Å². The van der Waals surface area contributed by atoms with E-state index in [0.717, 1.165) is 0 Å². The van der Waals surface area contributed by atoms with Gasteiger partial charge in [-0.05, 0) is 37.3 Å². The van der Waals surface area contributed by atoms with E-state index in [-0.39, 0.29) is 27.6 Å². The molecule has 1 aromatic heterocycles. The molecule has 1 atom stereocenters. The van der Waals surface area contributed by atoms with Gasteiger partial charge in [0.25, 0.3) is 5.91 Å². The second-order valence-corrected chi connectivity index (χ2v) is 9.63. The lowest BCUT2D eigenvalue weighted by atomic mass is 10.2. The summed E-state index contributed by atoms with van der Waals surface area (Å²) in [6, 6.07) is 9.13. The highest BCUT2D eigenvalue weighted by Crippen LogP contribution is 2.32. The standard InChI is InChI=1S/C22H19Cl4N5O2S/c1-3-7-31-20(12(2)27-21(33)13-5-4-6-14(23)8-13)29-30-22(31)34-11-19(32)28-18-10-16(25)15(24)9-17(18)26/h3-6,8-10,12H,1,7,11H2,2H3,(H,27,33)(H,28,32). The zero-order chi connectivity index (χ0) is 24.8. The molecule has 34 heavy (non-hydrogen) atoms. The zero-order valence-electron chi connectivity index (χ0n) is 17.8. The Morgan fingerprint density at radius 2 is 1.85 bits per heavy atom. The molecule has 7 nitrogen and oxygen atoms in total. The van der Waals surface area contributed by atoms with Crippen molar-refractivity contribution in [3.05, 3.63) is 80.5 Å². The molecule has 0 spiro atoms. The third-order valence-electron chi connectivity index (χ3n) is 4.50. The lowest BCUT2D eigenvalue weighted by Gasteiger charge is -2.15. The second kappa shape index (κ2) is 12.0. The van der Waals surface area contributed by atoms with Crippen LogP contribution in [0.15, 0.2) is 54.2 Å². The number of carbonyl (C=O) groups excluding carboxylic acids is 2. The molecule has 2 N–H and O–H groups in total. The number of halogens is 4. The van der Waals surface area contributed by atoms with Gasteiger partial charge in [-0.1, -0.05) is 70.3 Å². The van der Waals surface area contributed by atoms with E-state index in [1.807, 2.05) is 0 Å². The van der Waals surface area contributed by atoms with E-state index in [2.05, 4.69) is 27.4 Å². The number of allylic oxidation sites excluding steroid dienone is 1. The predicted octanol–water partition coefficient (Wildman–Crippen LogP) is 6.30. The topological polar surface area (TPSA) is 88.9 Å². The molecule has 0 bridgehead atoms. The van der Waals surface area contributed by atoms with Crippen molar-refractivity contribution in [3.63, 3.8) is 0 Å². The molecule has 2 aromatic carbocycles. The fourth-order valence-corrected chi connectivity index (χ4v) is 4.48. The summed E-state index contributed by atoms with van der Waals surface area (Å²) in [5.74, 6) is -0.0574. The fourth-order valence-electron chi connectivity index (χ4n) is 2.94. The molecule has 2 amide bonds. The first-order valence-electron chi connectivity index (χ1n) is 9.87. The van der Waals surface area contributed by atoms with Gasteiger partial charge in [0.1, 0.15) is 0 Å². The molecular formula is C22H19Cl4N5O2S. The van der Waals surface area contributed by atoms with Gasteiger partial charge in [-0.25, -0.2) is 0 Å². The van der Waals surface area contributed by atoms with E-state index in [1.54, 1.807) is 41.8 Å².